The highest BCUT2D eigenvalue weighted by Crippen LogP contribution is 2.09. The van der Waals surface area contributed by atoms with Crippen LogP contribution in [0.1, 0.15) is 94.7 Å². The predicted octanol–water partition coefficient (Wildman–Crippen LogP) is 6.49. The Bertz CT molecular complexity index is 1340. The van der Waals surface area contributed by atoms with Crippen LogP contribution < -0.4 is 10.6 Å². The minimum absolute atomic E-state index is 0. The summed E-state index contributed by atoms with van der Waals surface area (Å²) in [5.74, 6) is -1.74. The largest absolute Gasteiger partial charge is 0.480 e. The average molecular weight is 831 g/mol. The number of nitrogens with one attached hydrogen (secondary N) is 2. The molecule has 0 heterocycles. The van der Waals surface area contributed by atoms with Gasteiger partial charge in [0, 0.05) is 33.7 Å². The number of carboxylic acids is 1. The van der Waals surface area contributed by atoms with E-state index < -0.39 is 53.7 Å². The fourth-order valence-electron chi connectivity index (χ4n) is 3.75. The molecule has 16 heteroatoms. The number of hydrogen-bond donors (Lipinski definition) is 5. The number of carboxylic acid groups (broad SMARTS) is 1. The first-order valence-electron chi connectivity index (χ1n) is 17.8. The number of methoxy groups -OCH3 is 2. The number of carbonyl (C=O) groups is 4. The average Bonchev–Trinajstić information content (AvgIpc) is 3.10. The van der Waals surface area contributed by atoms with Gasteiger partial charge in [0.25, 0.3) is 0 Å². The maximum absolute atomic E-state index is 12.3. The molecule has 0 bridgehead atoms. The van der Waals surface area contributed by atoms with E-state index in [2.05, 4.69) is 15.4 Å². The Morgan fingerprint density at radius 3 is 1.43 bits per heavy atom. The van der Waals surface area contributed by atoms with Crippen LogP contribution in [0.5, 0.6) is 0 Å². The van der Waals surface area contributed by atoms with E-state index in [-0.39, 0.29) is 67.8 Å². The summed E-state index contributed by atoms with van der Waals surface area (Å²) in [6, 6.07) is 16.8. The molecule has 4 atom stereocenters. The number of rotatable bonds is 19. The number of hydrogen-bond acceptors (Lipinski definition) is 13. The fraction of sp³-hybridized carbons (Fsp3) is 0.619. The Balaban J connectivity index is -0.000000420. The quantitative estimate of drug-likeness (QED) is 0.0581. The van der Waals surface area contributed by atoms with Crippen molar-refractivity contribution in [2.24, 2.45) is 0 Å². The number of aliphatic hydroxyl groups is 2. The topological polar surface area (TPSA) is 218 Å². The maximum Gasteiger partial charge on any atom is 0.408 e. The molecule has 0 saturated carbocycles. The van der Waals surface area contributed by atoms with Crippen molar-refractivity contribution < 1.29 is 67.7 Å². The number of carbonyl (C=O) groups excluding carboxylic acids is 3. The fourth-order valence-corrected chi connectivity index (χ4v) is 3.75. The lowest BCUT2D eigenvalue weighted by Crippen LogP contribution is -2.47. The highest BCUT2D eigenvalue weighted by Gasteiger charge is 2.26. The second-order valence-electron chi connectivity index (χ2n) is 13.9. The molecule has 58 heavy (non-hydrogen) atoms. The van der Waals surface area contributed by atoms with E-state index in [9.17, 15) is 19.2 Å². The Labute approximate surface area is 346 Å². The second kappa shape index (κ2) is 33.6. The molecule has 0 unspecified atom stereocenters. The smallest absolute Gasteiger partial charge is 0.408 e. The monoisotopic (exact) mass is 831 g/mol. The van der Waals surface area contributed by atoms with E-state index in [0.717, 1.165) is 11.1 Å². The van der Waals surface area contributed by atoms with Crippen LogP contribution in [0.4, 0.5) is 9.59 Å². The summed E-state index contributed by atoms with van der Waals surface area (Å²) in [5, 5.41) is 30.5. The van der Waals surface area contributed by atoms with E-state index in [1.54, 1.807) is 48.7 Å². The molecule has 16 nitrogen and oxygen atoms in total. The highest BCUT2D eigenvalue weighted by atomic mass is 16.6. The zero-order valence-electron chi connectivity index (χ0n) is 33.6. The van der Waals surface area contributed by atoms with Gasteiger partial charge in [0.2, 0.25) is 0 Å². The number of aliphatic carboxylic acids is 1. The number of esters is 1. The molecular weight excluding hydrogens is 756 g/mol. The van der Waals surface area contributed by atoms with Gasteiger partial charge in [0.05, 0.1) is 39.1 Å². The van der Waals surface area contributed by atoms with Crippen LogP contribution in [-0.4, -0.2) is 116 Å². The van der Waals surface area contributed by atoms with Crippen LogP contribution in [0.2, 0.25) is 0 Å². The second-order valence-corrected chi connectivity index (χ2v) is 13.9. The molecule has 0 aromatic heterocycles. The van der Waals surface area contributed by atoms with Gasteiger partial charge in [-0.2, -0.15) is 0 Å². The van der Waals surface area contributed by atoms with Gasteiger partial charge in [-0.05, 0) is 59.6 Å². The van der Waals surface area contributed by atoms with Gasteiger partial charge in [0.1, 0.15) is 11.2 Å². The maximum atomic E-state index is 12.3. The predicted molar refractivity (Wildman–Crippen MR) is 223 cm³/mol. The normalized spacial score (nSPS) is 12.5. The summed E-state index contributed by atoms with van der Waals surface area (Å²) in [5.41, 5.74) is 0.546. The number of ether oxygens (including phenoxy) is 7. The zero-order valence-corrected chi connectivity index (χ0v) is 33.6. The van der Waals surface area contributed by atoms with E-state index in [0.29, 0.717) is 13.0 Å². The Morgan fingerprint density at radius 1 is 0.672 bits per heavy atom. The van der Waals surface area contributed by atoms with Crippen LogP contribution in [-0.2, 0) is 56.0 Å². The van der Waals surface area contributed by atoms with E-state index >= 15 is 0 Å². The zero-order chi connectivity index (χ0) is 41.9. The van der Waals surface area contributed by atoms with Crippen molar-refractivity contribution in [3.05, 3.63) is 71.8 Å². The highest BCUT2D eigenvalue weighted by molar-refractivity contribution is 5.81. The molecule has 0 saturated heterocycles. The van der Waals surface area contributed by atoms with Crippen LogP contribution in [0.15, 0.2) is 60.7 Å². The number of aliphatic hydroxyl groups excluding tert-OH is 2. The summed E-state index contributed by atoms with van der Waals surface area (Å²) in [6.07, 6.45) is -1.45. The summed E-state index contributed by atoms with van der Waals surface area (Å²) in [4.78, 5) is 47.0. The van der Waals surface area contributed by atoms with Crippen LogP contribution in [0, 0.1) is 0 Å². The first kappa shape index (κ1) is 60.4. The first-order valence-corrected chi connectivity index (χ1v) is 17.8. The van der Waals surface area contributed by atoms with Crippen molar-refractivity contribution >= 4 is 24.1 Å². The molecule has 0 aliphatic heterocycles. The molecule has 2 amide bonds. The lowest BCUT2D eigenvalue weighted by Gasteiger charge is -2.23. The molecule has 5 N–H and O–H groups in total. The van der Waals surface area contributed by atoms with Crippen molar-refractivity contribution in [3.63, 3.8) is 0 Å². The summed E-state index contributed by atoms with van der Waals surface area (Å²) in [6.45, 7) is 12.8. The Kier molecular flexibility index (Phi) is 35.0. The van der Waals surface area contributed by atoms with E-state index in [4.69, 9.17) is 43.7 Å². The molecule has 0 radical (unpaired) electrons. The van der Waals surface area contributed by atoms with Crippen molar-refractivity contribution in [3.8, 4) is 0 Å². The van der Waals surface area contributed by atoms with Gasteiger partial charge in [-0.15, -0.1) is 0 Å². The molecule has 0 aliphatic rings. The van der Waals surface area contributed by atoms with Crippen molar-refractivity contribution in [1.82, 2.24) is 10.6 Å². The van der Waals surface area contributed by atoms with E-state index in [1.165, 1.54) is 7.11 Å². The molecule has 2 rings (SSSR count). The standard InChI is InChI=1S/C20H31NO6.C15H21NO5.C4H10O3.3CH4/c1-15(24-5)11-12-26-18(22)17(21-19(23)27-20(2,3)4)14-25-13-16-9-7-6-8-10-16;1-15(2,3)21-14(19)16-12(13(17)18)10-20-9-11-7-5-4-6-8-11;1-7-4(6)2-3-5;;;/h6-10,15,17H,11-14H2,1-5H3,(H,21,23);4-8,12H,9-10H2,1-3H3,(H,16,19)(H,17,18);4-6H,2-3H2,1H3;3*1H4/t15-,17+;12-;4-;;;/m100.../s1. The van der Waals surface area contributed by atoms with Gasteiger partial charge < -0.3 is 59.1 Å². The third-order valence-corrected chi connectivity index (χ3v) is 6.58. The molecule has 0 aliphatic carbocycles. The Morgan fingerprint density at radius 2 is 1.09 bits per heavy atom. The molecule has 2 aromatic rings. The summed E-state index contributed by atoms with van der Waals surface area (Å²) in [7, 11) is 2.98. The van der Waals surface area contributed by atoms with Crippen molar-refractivity contribution in [2.45, 2.75) is 132 Å². The Hall–Kier alpha value is -4.32. The number of benzene rings is 2. The molecule has 0 fully saturated rings. The summed E-state index contributed by atoms with van der Waals surface area (Å²) < 4.78 is 35.9. The minimum Gasteiger partial charge on any atom is -0.480 e. The number of alkyl carbamates (subject to hydrolysis) is 2. The lowest BCUT2D eigenvalue weighted by molar-refractivity contribution is -0.148. The van der Waals surface area contributed by atoms with Crippen LogP contribution in [0.25, 0.3) is 0 Å². The van der Waals surface area contributed by atoms with Crippen LogP contribution in [0.3, 0.4) is 0 Å². The van der Waals surface area contributed by atoms with E-state index in [1.807, 2.05) is 67.6 Å². The molecule has 0 spiro atoms. The SMILES string of the molecule is C.C.C.CC(C)(C)OC(=O)N[C@@H](COCc1ccccc1)C(=O)O.CO[C@H](C)CCOC(=O)[C@H](COCc1ccccc1)NC(=O)OC(C)(C)C.CO[C@H](O)CCO. The first-order chi connectivity index (χ1) is 25.8. The third kappa shape index (κ3) is 33.8. The lowest BCUT2D eigenvalue weighted by atomic mass is 10.2. The van der Waals surface area contributed by atoms with Gasteiger partial charge in [-0.3, -0.25) is 0 Å². The number of amides is 2. The minimum atomic E-state index is -1.17. The summed E-state index contributed by atoms with van der Waals surface area (Å²) >= 11 is 0. The van der Waals surface area contributed by atoms with Crippen molar-refractivity contribution in [1.29, 1.82) is 0 Å². The molecule has 2 aromatic carbocycles. The van der Waals surface area contributed by atoms with Gasteiger partial charge in [0.15, 0.2) is 18.4 Å². The van der Waals surface area contributed by atoms with Gasteiger partial charge >= 0.3 is 24.1 Å². The van der Waals surface area contributed by atoms with Crippen LogP contribution >= 0.6 is 0 Å². The third-order valence-electron chi connectivity index (χ3n) is 6.58. The van der Waals surface area contributed by atoms with Gasteiger partial charge in [-0.1, -0.05) is 82.9 Å². The molecule has 336 valence electrons. The van der Waals surface area contributed by atoms with Gasteiger partial charge in [-0.25, -0.2) is 19.2 Å². The van der Waals surface area contributed by atoms with Crippen molar-refractivity contribution in [2.75, 3.05) is 40.6 Å². The molecular formula is C42H74N2O14.